The van der Waals surface area contributed by atoms with E-state index in [1.165, 1.54) is 0 Å². The van der Waals surface area contributed by atoms with Crippen LogP contribution in [0.2, 0.25) is 0 Å². The van der Waals surface area contributed by atoms with Crippen molar-refractivity contribution in [2.45, 2.75) is 13.8 Å². The molecule has 0 saturated carbocycles. The van der Waals surface area contributed by atoms with Gasteiger partial charge in [0.05, 0.1) is 0 Å². The van der Waals surface area contributed by atoms with E-state index in [1.807, 2.05) is 38.1 Å². The maximum atomic E-state index is 11.2. The molecule has 2 aromatic heterocycles. The molecule has 0 spiro atoms. The highest BCUT2D eigenvalue weighted by molar-refractivity contribution is 7.85. The third-order valence-corrected chi connectivity index (χ3v) is 4.09. The maximum Gasteiger partial charge on any atom is 0.248 e. The number of hydrogen-bond acceptors (Lipinski definition) is 6. The van der Waals surface area contributed by atoms with Crippen molar-refractivity contribution in [3.05, 3.63) is 41.6 Å². The van der Waals surface area contributed by atoms with Crippen LogP contribution in [0.4, 0.5) is 23.4 Å². The second-order valence-corrected chi connectivity index (χ2v) is 6.75. The van der Waals surface area contributed by atoms with Crippen LogP contribution in [-0.4, -0.2) is 30.6 Å². The average molecular weight is 357 g/mol. The quantitative estimate of drug-likeness (QED) is 0.557. The molecule has 2 heterocycles. The van der Waals surface area contributed by atoms with Gasteiger partial charge in [-0.3, -0.25) is 4.72 Å². The smallest absolute Gasteiger partial charge is 0.248 e. The summed E-state index contributed by atoms with van der Waals surface area (Å²) in [6.07, 6.45) is 3.34. The molecule has 0 amide bonds. The standard InChI is InChI=1S/C16H19N7OS/c1-9-6-12(19-16-20-15(17)21-22-16)7-10(2)14(9)11-4-5-13(18-8-11)23-25(3)24/h4-8H,1-3H3,(H,18,23)(H4,17,19,20,21,22). The molecule has 130 valence electrons. The zero-order valence-electron chi connectivity index (χ0n) is 14.1. The molecule has 0 aliphatic rings. The Bertz CT molecular complexity index is 897. The molecule has 3 aromatic rings. The van der Waals surface area contributed by atoms with E-state index in [4.69, 9.17) is 5.73 Å². The number of aryl methyl sites for hydroxylation is 2. The zero-order valence-corrected chi connectivity index (χ0v) is 14.9. The molecule has 1 atom stereocenters. The molecule has 0 aliphatic carbocycles. The number of hydrogen-bond donors (Lipinski definition) is 4. The lowest BCUT2D eigenvalue weighted by atomic mass is 9.96. The third-order valence-electron chi connectivity index (χ3n) is 3.59. The van der Waals surface area contributed by atoms with Crippen LogP contribution in [0, 0.1) is 13.8 Å². The van der Waals surface area contributed by atoms with E-state index in [1.54, 1.807) is 12.5 Å². The largest absolute Gasteiger partial charge is 0.368 e. The summed E-state index contributed by atoms with van der Waals surface area (Å²) in [6, 6.07) is 7.81. The molecule has 0 bridgehead atoms. The summed E-state index contributed by atoms with van der Waals surface area (Å²) < 4.78 is 14.0. The highest BCUT2D eigenvalue weighted by Gasteiger charge is 2.10. The van der Waals surface area contributed by atoms with Crippen LogP contribution in [0.25, 0.3) is 11.1 Å². The predicted molar refractivity (Wildman–Crippen MR) is 101 cm³/mol. The van der Waals surface area contributed by atoms with E-state index in [9.17, 15) is 4.21 Å². The van der Waals surface area contributed by atoms with Crippen molar-refractivity contribution in [1.82, 2.24) is 20.2 Å². The van der Waals surface area contributed by atoms with Gasteiger partial charge in [-0.05, 0) is 54.8 Å². The highest BCUT2D eigenvalue weighted by Crippen LogP contribution is 2.31. The minimum absolute atomic E-state index is 0.264. The van der Waals surface area contributed by atoms with Gasteiger partial charge in [-0.1, -0.05) is 0 Å². The van der Waals surface area contributed by atoms with Crippen molar-refractivity contribution < 1.29 is 4.21 Å². The molecule has 0 radical (unpaired) electrons. The van der Waals surface area contributed by atoms with Crippen LogP contribution >= 0.6 is 0 Å². The van der Waals surface area contributed by atoms with Gasteiger partial charge in [0.2, 0.25) is 11.9 Å². The van der Waals surface area contributed by atoms with Gasteiger partial charge in [-0.15, -0.1) is 5.10 Å². The summed E-state index contributed by atoms with van der Waals surface area (Å²) in [6.45, 7) is 4.07. The number of anilines is 4. The number of benzene rings is 1. The first-order chi connectivity index (χ1) is 11.9. The number of nitrogens with two attached hydrogens (primary N) is 1. The zero-order chi connectivity index (χ0) is 18.0. The van der Waals surface area contributed by atoms with Crippen LogP contribution in [0.5, 0.6) is 0 Å². The minimum atomic E-state index is -1.14. The van der Waals surface area contributed by atoms with Crippen LogP contribution in [0.1, 0.15) is 11.1 Å². The van der Waals surface area contributed by atoms with Crippen LogP contribution in [0.15, 0.2) is 30.5 Å². The van der Waals surface area contributed by atoms with Crippen LogP contribution in [0.3, 0.4) is 0 Å². The normalized spacial score (nSPS) is 12.0. The fourth-order valence-corrected chi connectivity index (χ4v) is 3.11. The Hall–Kier alpha value is -2.94. The van der Waals surface area contributed by atoms with Crippen molar-refractivity contribution in [2.75, 3.05) is 22.0 Å². The Balaban J connectivity index is 1.88. The molecular formula is C16H19N7OS. The monoisotopic (exact) mass is 357 g/mol. The fraction of sp³-hybridized carbons (Fsp3) is 0.188. The van der Waals surface area contributed by atoms with Crippen molar-refractivity contribution in [3.63, 3.8) is 0 Å². The number of pyridine rings is 1. The number of rotatable bonds is 5. The van der Waals surface area contributed by atoms with Crippen molar-refractivity contribution >= 4 is 34.4 Å². The summed E-state index contributed by atoms with van der Waals surface area (Å²) in [5.41, 5.74) is 10.7. The van der Waals surface area contributed by atoms with Gasteiger partial charge < -0.3 is 11.1 Å². The van der Waals surface area contributed by atoms with E-state index >= 15 is 0 Å². The lowest BCUT2D eigenvalue weighted by Crippen LogP contribution is -2.03. The van der Waals surface area contributed by atoms with Gasteiger partial charge in [-0.2, -0.15) is 4.98 Å². The van der Waals surface area contributed by atoms with Gasteiger partial charge in [0, 0.05) is 23.7 Å². The van der Waals surface area contributed by atoms with Gasteiger partial charge in [0.25, 0.3) is 0 Å². The van der Waals surface area contributed by atoms with Gasteiger partial charge in [0.1, 0.15) is 16.8 Å². The number of nitrogens with one attached hydrogen (secondary N) is 3. The number of aromatic amines is 1. The Labute approximate surface area is 147 Å². The summed E-state index contributed by atoms with van der Waals surface area (Å²) in [4.78, 5) is 8.35. The molecular weight excluding hydrogens is 338 g/mol. The van der Waals surface area contributed by atoms with E-state index < -0.39 is 11.0 Å². The number of nitrogens with zero attached hydrogens (tertiary/aromatic N) is 3. The fourth-order valence-electron chi connectivity index (χ4n) is 2.70. The Morgan fingerprint density at radius 2 is 1.92 bits per heavy atom. The second kappa shape index (κ2) is 6.89. The summed E-state index contributed by atoms with van der Waals surface area (Å²) >= 11 is 0. The maximum absolute atomic E-state index is 11.2. The topological polar surface area (TPSA) is 122 Å². The molecule has 1 aromatic carbocycles. The third kappa shape index (κ3) is 3.94. The van der Waals surface area contributed by atoms with Crippen molar-refractivity contribution in [2.24, 2.45) is 0 Å². The second-order valence-electron chi connectivity index (χ2n) is 5.64. The Morgan fingerprint density at radius 1 is 1.20 bits per heavy atom. The Morgan fingerprint density at radius 3 is 2.44 bits per heavy atom. The predicted octanol–water partition coefficient (Wildman–Crippen LogP) is 2.51. The summed E-state index contributed by atoms with van der Waals surface area (Å²) in [5.74, 6) is 1.27. The summed E-state index contributed by atoms with van der Waals surface area (Å²) in [5, 5.41) is 9.69. The lowest BCUT2D eigenvalue weighted by molar-refractivity contribution is 0.689. The van der Waals surface area contributed by atoms with Gasteiger partial charge in [0.15, 0.2) is 0 Å². The van der Waals surface area contributed by atoms with Crippen LogP contribution < -0.4 is 15.8 Å². The van der Waals surface area contributed by atoms with Gasteiger partial charge >= 0.3 is 0 Å². The highest BCUT2D eigenvalue weighted by atomic mass is 32.2. The first kappa shape index (κ1) is 16.9. The number of nitrogen functional groups attached to an aromatic ring is 1. The van der Waals surface area contributed by atoms with Crippen molar-refractivity contribution in [3.8, 4) is 11.1 Å². The minimum Gasteiger partial charge on any atom is -0.368 e. The van der Waals surface area contributed by atoms with E-state index in [-0.39, 0.29) is 5.95 Å². The summed E-state index contributed by atoms with van der Waals surface area (Å²) in [7, 11) is -1.14. The van der Waals surface area contributed by atoms with E-state index in [2.05, 4.69) is 30.2 Å². The molecule has 0 fully saturated rings. The molecule has 25 heavy (non-hydrogen) atoms. The first-order valence-corrected chi connectivity index (χ1v) is 9.11. The van der Waals surface area contributed by atoms with Gasteiger partial charge in [-0.25, -0.2) is 14.3 Å². The lowest BCUT2D eigenvalue weighted by Gasteiger charge is -2.13. The molecule has 1 unspecified atom stereocenters. The molecule has 0 saturated heterocycles. The molecule has 3 rings (SSSR count). The van der Waals surface area contributed by atoms with Crippen LogP contribution in [-0.2, 0) is 11.0 Å². The Kier molecular flexibility index (Phi) is 4.66. The SMILES string of the molecule is Cc1cc(Nc2n[nH]c(N)n2)cc(C)c1-c1ccc(NS(C)=O)nc1. The molecule has 0 aliphatic heterocycles. The molecule has 5 N–H and O–H groups in total. The number of H-pyrrole nitrogens is 1. The van der Waals surface area contributed by atoms with E-state index in [0.717, 1.165) is 27.9 Å². The number of aromatic nitrogens is 4. The molecule has 9 heteroatoms. The van der Waals surface area contributed by atoms with E-state index in [0.29, 0.717) is 11.8 Å². The average Bonchev–Trinajstić information content (AvgIpc) is 2.93. The molecule has 8 nitrogen and oxygen atoms in total. The van der Waals surface area contributed by atoms with Crippen molar-refractivity contribution in [1.29, 1.82) is 0 Å². The first-order valence-electron chi connectivity index (χ1n) is 7.55.